The molecule has 3 N–H and O–H groups in total. The molecule has 2 aromatic carbocycles. The van der Waals surface area contributed by atoms with Gasteiger partial charge in [0.1, 0.15) is 5.03 Å². The Labute approximate surface area is 131 Å². The first kappa shape index (κ1) is 14.8. The molecule has 3 rings (SSSR count). The van der Waals surface area contributed by atoms with Crippen LogP contribution in [0, 0.1) is 0 Å². The fourth-order valence-corrected chi connectivity index (χ4v) is 3.13. The van der Waals surface area contributed by atoms with Gasteiger partial charge < -0.3 is 0 Å². The van der Waals surface area contributed by atoms with E-state index in [1.807, 2.05) is 24.3 Å². The molecule has 0 amide bonds. The van der Waals surface area contributed by atoms with E-state index in [0.717, 1.165) is 21.0 Å². The molecule has 8 heteroatoms. The number of nitrogens with two attached hydrogens (primary N) is 1. The van der Waals surface area contributed by atoms with Crippen LogP contribution in [0.1, 0.15) is 0 Å². The van der Waals surface area contributed by atoms with Crippen LogP contribution in [0.15, 0.2) is 69.5 Å². The van der Waals surface area contributed by atoms with Gasteiger partial charge in [-0.15, -0.1) is 5.10 Å². The molecule has 0 unspecified atom stereocenters. The smallest absolute Gasteiger partial charge is 0.225 e. The van der Waals surface area contributed by atoms with E-state index in [1.54, 1.807) is 18.3 Å². The summed E-state index contributed by atoms with van der Waals surface area (Å²) < 4.78 is 22.5. The molecule has 3 aromatic rings. The predicted octanol–water partition coefficient (Wildman–Crippen LogP) is 2.27. The third kappa shape index (κ3) is 3.35. The van der Waals surface area contributed by atoms with Gasteiger partial charge in [0.2, 0.25) is 10.0 Å². The molecule has 0 saturated carbocycles. The van der Waals surface area contributed by atoms with Crippen LogP contribution in [0.4, 0.5) is 0 Å². The lowest BCUT2D eigenvalue weighted by molar-refractivity contribution is 0.598. The van der Waals surface area contributed by atoms with Crippen LogP contribution in [0.2, 0.25) is 0 Å². The highest BCUT2D eigenvalue weighted by Crippen LogP contribution is 2.28. The first-order valence-corrected chi connectivity index (χ1v) is 8.65. The number of hydrogen-bond donors (Lipinski definition) is 2. The van der Waals surface area contributed by atoms with Crippen molar-refractivity contribution >= 4 is 21.8 Å². The number of aromatic amines is 1. The Morgan fingerprint density at radius 3 is 2.05 bits per heavy atom. The summed E-state index contributed by atoms with van der Waals surface area (Å²) in [5, 5.41) is 16.2. The second-order valence-corrected chi connectivity index (χ2v) is 7.16. The van der Waals surface area contributed by atoms with E-state index in [2.05, 4.69) is 15.4 Å². The molecule has 0 bridgehead atoms. The minimum absolute atomic E-state index is 0.106. The van der Waals surface area contributed by atoms with Gasteiger partial charge in [-0.1, -0.05) is 36.0 Å². The molecular weight excluding hydrogens is 320 g/mol. The Morgan fingerprint density at radius 1 is 0.955 bits per heavy atom. The van der Waals surface area contributed by atoms with Crippen molar-refractivity contribution in [3.63, 3.8) is 0 Å². The van der Waals surface area contributed by atoms with E-state index >= 15 is 0 Å². The molecule has 0 radical (unpaired) electrons. The van der Waals surface area contributed by atoms with Crippen molar-refractivity contribution in [3.05, 3.63) is 54.7 Å². The second kappa shape index (κ2) is 5.91. The zero-order valence-electron chi connectivity index (χ0n) is 11.3. The molecule has 0 aliphatic rings. The standard InChI is InChI=1S/C14H12N4O2S2/c15-22(19,20)13-7-3-11(4-8-13)10-1-5-12(6-2-10)21-14-9-16-18-17-14/h1-9H,(H2,15,19,20)(H,16,17,18). The first-order valence-electron chi connectivity index (χ1n) is 6.29. The van der Waals surface area contributed by atoms with Gasteiger partial charge in [-0.05, 0) is 35.4 Å². The SMILES string of the molecule is NS(=O)(=O)c1ccc(-c2ccc(Sc3cn[nH]n3)cc2)cc1. The predicted molar refractivity (Wildman–Crippen MR) is 83.8 cm³/mol. The highest BCUT2D eigenvalue weighted by molar-refractivity contribution is 7.99. The number of benzene rings is 2. The number of rotatable bonds is 4. The Morgan fingerprint density at radius 2 is 1.55 bits per heavy atom. The Balaban J connectivity index is 1.80. The van der Waals surface area contributed by atoms with Crippen molar-refractivity contribution < 1.29 is 8.42 Å². The molecule has 1 aromatic heterocycles. The molecule has 112 valence electrons. The maximum atomic E-state index is 11.2. The molecule has 22 heavy (non-hydrogen) atoms. The van der Waals surface area contributed by atoms with Crippen LogP contribution in [0.5, 0.6) is 0 Å². The van der Waals surface area contributed by atoms with Crippen molar-refractivity contribution in [2.45, 2.75) is 14.8 Å². The summed E-state index contributed by atoms with van der Waals surface area (Å²) in [6, 6.07) is 14.4. The number of hydrogen-bond acceptors (Lipinski definition) is 5. The van der Waals surface area contributed by atoms with Crippen LogP contribution < -0.4 is 5.14 Å². The number of nitrogens with zero attached hydrogens (tertiary/aromatic N) is 2. The van der Waals surface area contributed by atoms with Gasteiger partial charge in [0, 0.05) is 4.90 Å². The van der Waals surface area contributed by atoms with Gasteiger partial charge in [-0.25, -0.2) is 13.6 Å². The fourth-order valence-electron chi connectivity index (χ4n) is 1.91. The number of nitrogens with one attached hydrogen (secondary N) is 1. The van der Waals surface area contributed by atoms with Gasteiger partial charge in [0.15, 0.2) is 0 Å². The summed E-state index contributed by atoms with van der Waals surface area (Å²) in [4.78, 5) is 1.15. The molecule has 0 aliphatic heterocycles. The normalized spacial score (nSPS) is 11.5. The average Bonchev–Trinajstić information content (AvgIpc) is 3.00. The van der Waals surface area contributed by atoms with Gasteiger partial charge in [0.25, 0.3) is 0 Å². The van der Waals surface area contributed by atoms with Crippen molar-refractivity contribution in [2.75, 3.05) is 0 Å². The lowest BCUT2D eigenvalue weighted by Gasteiger charge is -2.04. The van der Waals surface area contributed by atoms with Crippen LogP contribution in [0.3, 0.4) is 0 Å². The van der Waals surface area contributed by atoms with E-state index in [9.17, 15) is 8.42 Å². The van der Waals surface area contributed by atoms with Crippen molar-refractivity contribution in [1.29, 1.82) is 0 Å². The number of primary sulfonamides is 1. The summed E-state index contributed by atoms with van der Waals surface area (Å²) in [7, 11) is -3.66. The Hall–Kier alpha value is -2.16. The Kier molecular flexibility index (Phi) is 3.97. The molecular formula is C14H12N4O2S2. The molecule has 1 heterocycles. The number of H-pyrrole nitrogens is 1. The molecule has 6 nitrogen and oxygen atoms in total. The molecule has 0 atom stereocenters. The fraction of sp³-hybridized carbons (Fsp3) is 0. The molecule has 0 fully saturated rings. The topological polar surface area (TPSA) is 102 Å². The van der Waals surface area contributed by atoms with Crippen LogP contribution in [0.25, 0.3) is 11.1 Å². The zero-order chi connectivity index (χ0) is 15.6. The third-order valence-electron chi connectivity index (χ3n) is 2.99. The minimum atomic E-state index is -3.66. The van der Waals surface area contributed by atoms with E-state index in [0.29, 0.717) is 0 Å². The minimum Gasteiger partial charge on any atom is -0.225 e. The maximum absolute atomic E-state index is 11.2. The van der Waals surface area contributed by atoms with Crippen LogP contribution >= 0.6 is 11.8 Å². The zero-order valence-corrected chi connectivity index (χ0v) is 12.9. The largest absolute Gasteiger partial charge is 0.238 e. The monoisotopic (exact) mass is 332 g/mol. The number of aromatic nitrogens is 3. The summed E-state index contributed by atoms with van der Waals surface area (Å²) in [5.74, 6) is 0. The van der Waals surface area contributed by atoms with Crippen molar-refractivity contribution in [1.82, 2.24) is 15.4 Å². The maximum Gasteiger partial charge on any atom is 0.238 e. The molecule has 0 spiro atoms. The van der Waals surface area contributed by atoms with Crippen molar-refractivity contribution in [3.8, 4) is 11.1 Å². The van der Waals surface area contributed by atoms with Gasteiger partial charge >= 0.3 is 0 Å². The van der Waals surface area contributed by atoms with Gasteiger partial charge in [0.05, 0.1) is 11.1 Å². The molecule has 0 saturated heterocycles. The number of sulfonamides is 1. The van der Waals surface area contributed by atoms with E-state index in [1.165, 1.54) is 23.9 Å². The summed E-state index contributed by atoms with van der Waals surface area (Å²) in [6.45, 7) is 0. The lowest BCUT2D eigenvalue weighted by atomic mass is 10.1. The lowest BCUT2D eigenvalue weighted by Crippen LogP contribution is -2.11. The summed E-state index contributed by atoms with van der Waals surface area (Å²) in [6.07, 6.45) is 1.66. The highest BCUT2D eigenvalue weighted by Gasteiger charge is 2.07. The van der Waals surface area contributed by atoms with Crippen LogP contribution in [-0.2, 0) is 10.0 Å². The van der Waals surface area contributed by atoms with Gasteiger partial charge in [-0.3, -0.25) is 0 Å². The first-order chi connectivity index (χ1) is 10.5. The average molecular weight is 332 g/mol. The van der Waals surface area contributed by atoms with E-state index < -0.39 is 10.0 Å². The van der Waals surface area contributed by atoms with E-state index in [-0.39, 0.29) is 4.90 Å². The highest BCUT2D eigenvalue weighted by atomic mass is 32.2. The van der Waals surface area contributed by atoms with Crippen molar-refractivity contribution in [2.24, 2.45) is 5.14 Å². The van der Waals surface area contributed by atoms with Crippen LogP contribution in [-0.4, -0.2) is 23.8 Å². The molecule has 0 aliphatic carbocycles. The third-order valence-corrected chi connectivity index (χ3v) is 4.83. The van der Waals surface area contributed by atoms with Gasteiger partial charge in [-0.2, -0.15) is 10.3 Å². The van der Waals surface area contributed by atoms with E-state index in [4.69, 9.17) is 5.14 Å². The summed E-state index contributed by atoms with van der Waals surface area (Å²) >= 11 is 1.50. The Bertz CT molecular complexity index is 858. The second-order valence-electron chi connectivity index (χ2n) is 4.50. The quantitative estimate of drug-likeness (QED) is 0.763. The summed E-state index contributed by atoms with van der Waals surface area (Å²) in [5.41, 5.74) is 1.91.